The van der Waals surface area contributed by atoms with E-state index >= 15 is 0 Å². The summed E-state index contributed by atoms with van der Waals surface area (Å²) in [5.41, 5.74) is 0. The van der Waals surface area contributed by atoms with E-state index in [9.17, 15) is 35.1 Å². The molecule has 0 aromatic rings. The second-order valence-electron chi connectivity index (χ2n) is 21.8. The first-order chi connectivity index (χ1) is 37.2. The number of hydrogen-bond acceptors (Lipinski definition) is 10. The Morgan fingerprint density at radius 3 is 1.38 bits per heavy atom. The molecule has 8 atom stereocenters. The number of unbranched alkanes of at least 4 members (excludes halogenated alkanes) is 31. The van der Waals surface area contributed by atoms with Crippen LogP contribution in [-0.4, -0.2) is 99.6 Å². The van der Waals surface area contributed by atoms with Crippen LogP contribution in [0.3, 0.4) is 0 Å². The van der Waals surface area contributed by atoms with Crippen LogP contribution in [0, 0.1) is 0 Å². The number of carbonyl (C=O) groups is 2. The quantitative estimate of drug-likeness (QED) is 0.0195. The molecule has 1 heterocycles. The second-order valence-corrected chi connectivity index (χ2v) is 21.8. The van der Waals surface area contributed by atoms with Crippen molar-refractivity contribution in [2.75, 3.05) is 13.2 Å². The van der Waals surface area contributed by atoms with Crippen molar-refractivity contribution in [2.45, 2.75) is 327 Å². The molecule has 1 saturated heterocycles. The van der Waals surface area contributed by atoms with Gasteiger partial charge in [0.2, 0.25) is 5.91 Å². The van der Waals surface area contributed by atoms with E-state index in [1.54, 1.807) is 6.08 Å². The van der Waals surface area contributed by atoms with Gasteiger partial charge >= 0.3 is 5.97 Å². The minimum Gasteiger partial charge on any atom is -0.454 e. The molecule has 0 aromatic heterocycles. The lowest BCUT2D eigenvalue weighted by atomic mass is 9.99. The Morgan fingerprint density at radius 1 is 0.513 bits per heavy atom. The largest absolute Gasteiger partial charge is 0.454 e. The van der Waals surface area contributed by atoms with Gasteiger partial charge in [-0.05, 0) is 70.6 Å². The van der Waals surface area contributed by atoms with Crippen LogP contribution in [0.25, 0.3) is 0 Å². The summed E-state index contributed by atoms with van der Waals surface area (Å²) >= 11 is 0. The molecule has 442 valence electrons. The zero-order valence-corrected chi connectivity index (χ0v) is 48.9. The van der Waals surface area contributed by atoms with Crippen LogP contribution in [0.1, 0.15) is 278 Å². The van der Waals surface area contributed by atoms with E-state index in [-0.39, 0.29) is 13.0 Å². The molecule has 0 aromatic carbocycles. The summed E-state index contributed by atoms with van der Waals surface area (Å²) in [6, 6.07) is -1.02. The highest BCUT2D eigenvalue weighted by molar-refractivity contribution is 5.80. The lowest BCUT2D eigenvalue weighted by molar-refractivity contribution is -0.305. The molecule has 0 bridgehead atoms. The van der Waals surface area contributed by atoms with E-state index < -0.39 is 67.4 Å². The van der Waals surface area contributed by atoms with Gasteiger partial charge in [0.15, 0.2) is 12.4 Å². The summed E-state index contributed by atoms with van der Waals surface area (Å²) in [7, 11) is 0. The second kappa shape index (κ2) is 53.0. The molecule has 1 rings (SSSR count). The van der Waals surface area contributed by atoms with Gasteiger partial charge in [-0.15, -0.1) is 0 Å². The van der Waals surface area contributed by atoms with E-state index in [0.29, 0.717) is 19.3 Å². The number of allylic oxidation sites excluding steroid dienone is 9. The van der Waals surface area contributed by atoms with Gasteiger partial charge < -0.3 is 45.1 Å². The summed E-state index contributed by atoms with van der Waals surface area (Å²) in [4.78, 5) is 26.5. The summed E-state index contributed by atoms with van der Waals surface area (Å²) in [5, 5.41) is 56.9. The zero-order valence-electron chi connectivity index (χ0n) is 48.9. The van der Waals surface area contributed by atoms with Crippen LogP contribution in [0.4, 0.5) is 0 Å². The first-order valence-corrected chi connectivity index (χ1v) is 31.6. The normalized spacial score (nSPS) is 19.5. The third-order valence-corrected chi connectivity index (χ3v) is 14.7. The van der Waals surface area contributed by atoms with Crippen LogP contribution in [-0.2, 0) is 23.8 Å². The third-order valence-electron chi connectivity index (χ3n) is 14.7. The predicted octanol–water partition coefficient (Wildman–Crippen LogP) is 15.0. The van der Waals surface area contributed by atoms with Gasteiger partial charge in [-0.25, -0.2) is 0 Å². The average Bonchev–Trinajstić information content (AvgIpc) is 3.42. The van der Waals surface area contributed by atoms with Gasteiger partial charge in [-0.1, -0.05) is 261 Å². The van der Waals surface area contributed by atoms with Crippen molar-refractivity contribution in [3.63, 3.8) is 0 Å². The molecule has 6 N–H and O–H groups in total. The number of esters is 1. The van der Waals surface area contributed by atoms with E-state index in [1.165, 1.54) is 128 Å². The van der Waals surface area contributed by atoms with E-state index in [1.807, 2.05) is 6.08 Å². The molecule has 1 fully saturated rings. The van der Waals surface area contributed by atoms with Gasteiger partial charge in [0, 0.05) is 6.42 Å². The molecule has 0 aliphatic carbocycles. The standard InChI is InChI=1S/C65H117NO10/c1-4-7-10-13-16-19-22-24-25-26-27-28-29-30-31-32-33-35-38-41-44-47-50-53-60(70)76-63-62(72)61(71)59(54-67)75-65(63)74-55-56(57(68)51-48-45-42-39-36-21-18-15-12-9-6-3)66-64(73)58(69)52-49-46-43-40-37-34-23-20-17-14-11-8-5-2/h16,19,24-25,27-28,30-31,48,51,56-59,61-63,65,67-69,71-72H,4-15,17-18,20-23,26,29,32-47,49-50,52-55H2,1-3H3,(H,66,73)/b19-16-,25-24-,28-27-,31-30-,51-48+. The van der Waals surface area contributed by atoms with Crippen molar-refractivity contribution in [1.82, 2.24) is 5.32 Å². The highest BCUT2D eigenvalue weighted by Gasteiger charge is 2.47. The minimum atomic E-state index is -1.62. The van der Waals surface area contributed by atoms with Gasteiger partial charge in [0.05, 0.1) is 25.4 Å². The first-order valence-electron chi connectivity index (χ1n) is 31.6. The number of ether oxygens (including phenoxy) is 3. The summed E-state index contributed by atoms with van der Waals surface area (Å²) in [5.74, 6) is -1.20. The fourth-order valence-corrected chi connectivity index (χ4v) is 9.64. The molecular weight excluding hydrogens is 955 g/mol. The van der Waals surface area contributed by atoms with Gasteiger partial charge in [-0.3, -0.25) is 9.59 Å². The van der Waals surface area contributed by atoms with Crippen molar-refractivity contribution < 1.29 is 49.3 Å². The van der Waals surface area contributed by atoms with E-state index in [4.69, 9.17) is 14.2 Å². The van der Waals surface area contributed by atoms with Crippen molar-refractivity contribution >= 4 is 11.9 Å². The van der Waals surface area contributed by atoms with Crippen LogP contribution >= 0.6 is 0 Å². The number of aliphatic hydroxyl groups excluding tert-OH is 5. The van der Waals surface area contributed by atoms with Crippen molar-refractivity contribution in [3.05, 3.63) is 60.8 Å². The van der Waals surface area contributed by atoms with E-state index in [2.05, 4.69) is 74.7 Å². The molecular formula is C65H117NO10. The zero-order chi connectivity index (χ0) is 55.4. The Morgan fingerprint density at radius 2 is 0.908 bits per heavy atom. The van der Waals surface area contributed by atoms with Gasteiger partial charge in [0.25, 0.3) is 0 Å². The minimum absolute atomic E-state index is 0.111. The molecule has 0 radical (unpaired) electrons. The number of carbonyl (C=O) groups excluding carboxylic acids is 2. The number of hydrogen-bond donors (Lipinski definition) is 6. The number of nitrogens with one attached hydrogen (secondary N) is 1. The lowest BCUT2D eigenvalue weighted by Crippen LogP contribution is -2.61. The molecule has 76 heavy (non-hydrogen) atoms. The Kier molecular flexibility index (Phi) is 49.8. The van der Waals surface area contributed by atoms with Crippen molar-refractivity contribution in [1.29, 1.82) is 0 Å². The smallest absolute Gasteiger partial charge is 0.306 e. The monoisotopic (exact) mass is 1070 g/mol. The maximum absolute atomic E-state index is 13.4. The summed E-state index contributed by atoms with van der Waals surface area (Å²) in [6.07, 6.45) is 55.4. The maximum Gasteiger partial charge on any atom is 0.306 e. The Balaban J connectivity index is 2.63. The number of rotatable bonds is 53. The molecule has 1 aliphatic rings. The Bertz CT molecular complexity index is 1460. The fraction of sp³-hybridized carbons (Fsp3) is 0.815. The lowest BCUT2D eigenvalue weighted by Gasteiger charge is -2.41. The highest BCUT2D eigenvalue weighted by atomic mass is 16.7. The van der Waals surface area contributed by atoms with Crippen LogP contribution < -0.4 is 5.32 Å². The summed E-state index contributed by atoms with van der Waals surface area (Å²) in [6.45, 7) is 5.75. The molecule has 0 spiro atoms. The first kappa shape index (κ1) is 71.4. The van der Waals surface area contributed by atoms with Crippen LogP contribution in [0.5, 0.6) is 0 Å². The van der Waals surface area contributed by atoms with Crippen LogP contribution in [0.2, 0.25) is 0 Å². The predicted molar refractivity (Wildman–Crippen MR) is 315 cm³/mol. The maximum atomic E-state index is 13.4. The average molecular weight is 1070 g/mol. The van der Waals surface area contributed by atoms with Crippen molar-refractivity contribution in [3.8, 4) is 0 Å². The van der Waals surface area contributed by atoms with E-state index in [0.717, 1.165) is 103 Å². The molecule has 11 heteroatoms. The van der Waals surface area contributed by atoms with Crippen LogP contribution in [0.15, 0.2) is 60.8 Å². The van der Waals surface area contributed by atoms with Gasteiger partial charge in [0.1, 0.15) is 24.4 Å². The topological polar surface area (TPSA) is 175 Å². The third kappa shape index (κ3) is 40.5. The van der Waals surface area contributed by atoms with Gasteiger partial charge in [-0.2, -0.15) is 0 Å². The molecule has 1 aliphatic heterocycles. The molecule has 1 amide bonds. The van der Waals surface area contributed by atoms with Crippen molar-refractivity contribution in [2.24, 2.45) is 0 Å². The number of aliphatic hydroxyl groups is 5. The molecule has 8 unspecified atom stereocenters. The fourth-order valence-electron chi connectivity index (χ4n) is 9.64. The number of amides is 1. The Labute approximate surface area is 465 Å². The SMILES string of the molecule is CCCCC/C=C\C/C=C\C/C=C\C/C=C\CCCCCCCCCC(=O)OC1C(OCC(NC(=O)C(O)CCCCCCCCCCCCCCC)C(O)/C=C/CCCCCCCCCCC)OC(CO)C(O)C1O. The highest BCUT2D eigenvalue weighted by Crippen LogP contribution is 2.26. The Hall–Kier alpha value is -2.64. The summed E-state index contributed by atoms with van der Waals surface area (Å²) < 4.78 is 17.6. The molecule has 0 saturated carbocycles. The molecule has 11 nitrogen and oxygen atoms in total.